The fourth-order valence-corrected chi connectivity index (χ4v) is 4.06. The minimum absolute atomic E-state index is 0.0428. The van der Waals surface area contributed by atoms with Gasteiger partial charge >= 0.3 is 5.97 Å². The predicted molar refractivity (Wildman–Crippen MR) is 103 cm³/mol. The van der Waals surface area contributed by atoms with Crippen molar-refractivity contribution in [3.63, 3.8) is 0 Å². The molecular formula is C21H18N4O3. The van der Waals surface area contributed by atoms with Gasteiger partial charge in [0.25, 0.3) is 5.91 Å². The lowest BCUT2D eigenvalue weighted by Gasteiger charge is -2.20. The van der Waals surface area contributed by atoms with Crippen LogP contribution in [0.3, 0.4) is 0 Å². The van der Waals surface area contributed by atoms with Crippen molar-refractivity contribution in [2.45, 2.75) is 6.04 Å². The number of amides is 1. The largest absolute Gasteiger partial charge is 0.478 e. The van der Waals surface area contributed by atoms with E-state index in [4.69, 9.17) is 5.11 Å². The van der Waals surface area contributed by atoms with Crippen LogP contribution < -0.4 is 10.2 Å². The molecule has 1 amide bonds. The van der Waals surface area contributed by atoms with Crippen LogP contribution in [0, 0.1) is 11.8 Å². The Morgan fingerprint density at radius 1 is 0.964 bits per heavy atom. The van der Waals surface area contributed by atoms with E-state index in [-0.39, 0.29) is 17.5 Å². The Bertz CT molecular complexity index is 1070. The van der Waals surface area contributed by atoms with Crippen molar-refractivity contribution < 1.29 is 14.7 Å². The van der Waals surface area contributed by atoms with Crippen molar-refractivity contribution in [3.05, 3.63) is 66.0 Å². The second-order valence-electron chi connectivity index (χ2n) is 7.37. The summed E-state index contributed by atoms with van der Waals surface area (Å²) in [5.41, 5.74) is 0.752. The number of nitrogens with one attached hydrogen (secondary N) is 1. The summed E-state index contributed by atoms with van der Waals surface area (Å²) in [6, 6.07) is 13.9. The number of carbonyl (C=O) groups is 2. The first kappa shape index (κ1) is 16.7. The summed E-state index contributed by atoms with van der Waals surface area (Å²) >= 11 is 0. The van der Waals surface area contributed by atoms with E-state index >= 15 is 0 Å². The maximum absolute atomic E-state index is 12.6. The van der Waals surface area contributed by atoms with Gasteiger partial charge in [0.05, 0.1) is 5.56 Å². The third-order valence-electron chi connectivity index (χ3n) is 5.67. The molecule has 3 atom stereocenters. The number of rotatable bonds is 4. The van der Waals surface area contributed by atoms with Crippen LogP contribution in [-0.2, 0) is 0 Å². The maximum atomic E-state index is 12.6. The average molecular weight is 374 g/mol. The number of fused-ring (bicyclic) bond motifs is 2. The molecule has 1 aliphatic heterocycles. The van der Waals surface area contributed by atoms with E-state index in [0.29, 0.717) is 23.3 Å². The summed E-state index contributed by atoms with van der Waals surface area (Å²) < 4.78 is 0. The SMILES string of the molecule is O=C(O)c1cnc(N2C[C@@H]3C(NC(=O)c4ccc5ccccc5c4)[C@@H]3C2)nc1. The molecule has 3 aromatic rings. The minimum atomic E-state index is -1.03. The van der Waals surface area contributed by atoms with Gasteiger partial charge in [-0.15, -0.1) is 0 Å². The average Bonchev–Trinajstić information content (AvgIpc) is 3.15. The van der Waals surface area contributed by atoms with Gasteiger partial charge in [0.1, 0.15) is 0 Å². The number of carbonyl (C=O) groups excluding carboxylic acids is 1. The lowest BCUT2D eigenvalue weighted by atomic mass is 10.1. The van der Waals surface area contributed by atoms with Gasteiger partial charge in [0.2, 0.25) is 5.95 Å². The summed E-state index contributed by atoms with van der Waals surface area (Å²) in [5, 5.41) is 14.2. The Morgan fingerprint density at radius 3 is 2.32 bits per heavy atom. The van der Waals surface area contributed by atoms with Crippen molar-refractivity contribution in [1.29, 1.82) is 0 Å². The van der Waals surface area contributed by atoms with Crippen LogP contribution in [0.15, 0.2) is 54.9 Å². The Kier molecular flexibility index (Phi) is 3.75. The maximum Gasteiger partial charge on any atom is 0.338 e. The van der Waals surface area contributed by atoms with Crippen LogP contribution in [0.4, 0.5) is 5.95 Å². The fourth-order valence-electron chi connectivity index (χ4n) is 4.06. The number of carboxylic acids is 1. The number of anilines is 1. The van der Waals surface area contributed by atoms with Crippen molar-refractivity contribution in [3.8, 4) is 0 Å². The molecule has 5 rings (SSSR count). The Morgan fingerprint density at radius 2 is 1.64 bits per heavy atom. The highest BCUT2D eigenvalue weighted by Crippen LogP contribution is 2.46. The van der Waals surface area contributed by atoms with E-state index in [0.717, 1.165) is 23.9 Å². The first-order chi connectivity index (χ1) is 13.6. The molecule has 1 aliphatic carbocycles. The normalized spacial score (nSPS) is 22.7. The first-order valence-electron chi connectivity index (χ1n) is 9.20. The van der Waals surface area contributed by atoms with Gasteiger partial charge in [-0.2, -0.15) is 0 Å². The second-order valence-corrected chi connectivity index (χ2v) is 7.37. The number of aromatic nitrogens is 2. The zero-order valence-electron chi connectivity index (χ0n) is 14.9. The molecule has 1 aromatic heterocycles. The molecule has 28 heavy (non-hydrogen) atoms. The van der Waals surface area contributed by atoms with Crippen LogP contribution in [0.2, 0.25) is 0 Å². The quantitative estimate of drug-likeness (QED) is 0.727. The third-order valence-corrected chi connectivity index (χ3v) is 5.67. The molecule has 2 aromatic carbocycles. The standard InChI is InChI=1S/C21H18N4O3/c26-19(14-6-5-12-3-1-2-4-13(12)7-14)24-18-16-10-25(11-17(16)18)21-22-8-15(9-23-21)20(27)28/h1-9,16-18H,10-11H2,(H,24,26)(H,27,28)/t16-,17+,18?. The van der Waals surface area contributed by atoms with E-state index in [1.807, 2.05) is 47.4 Å². The summed E-state index contributed by atoms with van der Waals surface area (Å²) in [5.74, 6) is 0.224. The summed E-state index contributed by atoms with van der Waals surface area (Å²) in [6.45, 7) is 1.53. The van der Waals surface area contributed by atoms with Crippen molar-refractivity contribution in [2.24, 2.45) is 11.8 Å². The molecule has 2 N–H and O–H groups in total. The fraction of sp³-hybridized carbons (Fsp3) is 0.238. The number of benzene rings is 2. The minimum Gasteiger partial charge on any atom is -0.478 e. The van der Waals surface area contributed by atoms with Gasteiger partial charge < -0.3 is 15.3 Å². The zero-order valence-corrected chi connectivity index (χ0v) is 14.9. The molecule has 1 saturated heterocycles. The molecule has 0 radical (unpaired) electrons. The molecule has 1 saturated carbocycles. The van der Waals surface area contributed by atoms with E-state index < -0.39 is 5.97 Å². The van der Waals surface area contributed by atoms with Gasteiger partial charge in [-0.05, 0) is 22.9 Å². The van der Waals surface area contributed by atoms with Gasteiger partial charge in [-0.25, -0.2) is 14.8 Å². The van der Waals surface area contributed by atoms with Gasteiger partial charge in [0, 0.05) is 48.9 Å². The second kappa shape index (κ2) is 6.30. The Labute approximate surface area is 161 Å². The van der Waals surface area contributed by atoms with Crippen molar-refractivity contribution in [2.75, 3.05) is 18.0 Å². The first-order valence-corrected chi connectivity index (χ1v) is 9.20. The molecule has 7 nitrogen and oxygen atoms in total. The number of hydrogen-bond donors (Lipinski definition) is 2. The van der Waals surface area contributed by atoms with Crippen LogP contribution in [-0.4, -0.2) is 46.1 Å². The van der Waals surface area contributed by atoms with E-state index in [9.17, 15) is 9.59 Å². The van der Waals surface area contributed by atoms with Crippen LogP contribution >= 0.6 is 0 Å². The van der Waals surface area contributed by atoms with Gasteiger partial charge in [0.15, 0.2) is 0 Å². The molecule has 0 bridgehead atoms. The molecule has 2 fully saturated rings. The molecule has 1 unspecified atom stereocenters. The van der Waals surface area contributed by atoms with Gasteiger partial charge in [-0.1, -0.05) is 30.3 Å². The number of carboxylic acid groups (broad SMARTS) is 1. The molecular weight excluding hydrogens is 356 g/mol. The molecule has 7 heteroatoms. The Balaban J connectivity index is 1.21. The van der Waals surface area contributed by atoms with Crippen molar-refractivity contribution >= 4 is 28.6 Å². The number of piperidine rings is 1. The lowest BCUT2D eigenvalue weighted by Crippen LogP contribution is -2.35. The zero-order chi connectivity index (χ0) is 19.3. The van der Waals surface area contributed by atoms with E-state index in [1.54, 1.807) is 0 Å². The highest BCUT2D eigenvalue weighted by molar-refractivity contribution is 5.99. The van der Waals surface area contributed by atoms with Crippen molar-refractivity contribution in [1.82, 2.24) is 15.3 Å². The Hall–Kier alpha value is -3.48. The smallest absolute Gasteiger partial charge is 0.338 e. The molecule has 140 valence electrons. The third kappa shape index (κ3) is 2.85. The molecule has 2 heterocycles. The lowest BCUT2D eigenvalue weighted by molar-refractivity contribution is 0.0695. The summed E-state index contributed by atoms with van der Waals surface area (Å²) in [7, 11) is 0. The topological polar surface area (TPSA) is 95.4 Å². The number of hydrogen-bond acceptors (Lipinski definition) is 5. The van der Waals surface area contributed by atoms with Crippen LogP contribution in [0.25, 0.3) is 10.8 Å². The number of aromatic carboxylic acids is 1. The molecule has 0 spiro atoms. The van der Waals surface area contributed by atoms with Crippen LogP contribution in [0.5, 0.6) is 0 Å². The summed E-state index contributed by atoms with van der Waals surface area (Å²) in [4.78, 5) is 33.8. The van der Waals surface area contributed by atoms with E-state index in [2.05, 4.69) is 15.3 Å². The predicted octanol–water partition coefficient (Wildman–Crippen LogP) is 2.19. The molecule has 2 aliphatic rings. The van der Waals surface area contributed by atoms with E-state index in [1.165, 1.54) is 12.4 Å². The highest BCUT2D eigenvalue weighted by atomic mass is 16.4. The van der Waals surface area contributed by atoms with Crippen LogP contribution in [0.1, 0.15) is 20.7 Å². The monoisotopic (exact) mass is 374 g/mol. The summed E-state index contributed by atoms with van der Waals surface area (Å²) in [6.07, 6.45) is 2.65. The number of nitrogens with zero attached hydrogens (tertiary/aromatic N) is 3. The highest BCUT2D eigenvalue weighted by Gasteiger charge is 2.57. The van der Waals surface area contributed by atoms with Gasteiger partial charge in [-0.3, -0.25) is 4.79 Å².